The maximum Gasteiger partial charge on any atom is 0.244 e. The quantitative estimate of drug-likeness (QED) is 0.802. The van der Waals surface area contributed by atoms with Gasteiger partial charge in [0.1, 0.15) is 5.75 Å². The molecule has 27 heavy (non-hydrogen) atoms. The smallest absolute Gasteiger partial charge is 0.244 e. The monoisotopic (exact) mass is 363 g/mol. The van der Waals surface area contributed by atoms with E-state index in [1.54, 1.807) is 30.5 Å². The number of hydrogen-bond donors (Lipinski definition) is 2. The van der Waals surface area contributed by atoms with Gasteiger partial charge < -0.3 is 10.4 Å². The third-order valence-corrected chi connectivity index (χ3v) is 5.79. The van der Waals surface area contributed by atoms with Crippen LogP contribution < -0.4 is 5.32 Å². The molecule has 5 heteroatoms. The number of carbonyl (C=O) groups excluding carboxylic acids is 1. The summed E-state index contributed by atoms with van der Waals surface area (Å²) in [4.78, 5) is 19.3. The number of piperidine rings is 3. The van der Waals surface area contributed by atoms with Crippen molar-refractivity contribution < 1.29 is 9.90 Å². The van der Waals surface area contributed by atoms with Crippen molar-refractivity contribution in [2.75, 3.05) is 13.1 Å². The Kier molecular flexibility index (Phi) is 5.21. The number of nitrogens with zero attached hydrogens (tertiary/aromatic N) is 2. The summed E-state index contributed by atoms with van der Waals surface area (Å²) in [5.41, 5.74) is 1.85. The lowest BCUT2D eigenvalue weighted by atomic mass is 9.77. The maximum atomic E-state index is 12.6. The fourth-order valence-electron chi connectivity index (χ4n) is 4.39. The van der Waals surface area contributed by atoms with E-state index in [0.29, 0.717) is 17.5 Å². The fraction of sp³-hybridized carbons (Fsp3) is 0.364. The Morgan fingerprint density at radius 3 is 2.78 bits per heavy atom. The Labute approximate surface area is 159 Å². The van der Waals surface area contributed by atoms with Crippen LogP contribution in [0.4, 0.5) is 0 Å². The molecule has 0 aliphatic carbocycles. The second-order valence-corrected chi connectivity index (χ2v) is 7.43. The normalized spacial score (nSPS) is 27.0. The number of para-hydroxylation sites is 1. The van der Waals surface area contributed by atoms with Crippen molar-refractivity contribution in [2.24, 2.45) is 5.92 Å². The summed E-state index contributed by atoms with van der Waals surface area (Å²) in [7, 11) is 0. The molecule has 5 nitrogen and oxygen atoms in total. The van der Waals surface area contributed by atoms with Crippen molar-refractivity contribution in [3.05, 3.63) is 66.0 Å². The van der Waals surface area contributed by atoms with Gasteiger partial charge in [-0.2, -0.15) is 0 Å². The summed E-state index contributed by atoms with van der Waals surface area (Å²) in [6.07, 6.45) is 10.1. The molecule has 1 aromatic heterocycles. The zero-order chi connectivity index (χ0) is 18.6. The third-order valence-electron chi connectivity index (χ3n) is 5.79. The van der Waals surface area contributed by atoms with Gasteiger partial charge in [0, 0.05) is 36.1 Å². The number of carbonyl (C=O) groups is 1. The van der Waals surface area contributed by atoms with E-state index >= 15 is 0 Å². The summed E-state index contributed by atoms with van der Waals surface area (Å²) in [5, 5.41) is 13.1. The molecular weight excluding hydrogens is 338 g/mol. The van der Waals surface area contributed by atoms with Gasteiger partial charge in [-0.05, 0) is 62.0 Å². The van der Waals surface area contributed by atoms with E-state index in [1.165, 1.54) is 11.6 Å². The standard InChI is InChI=1S/C22H25N3O2/c26-20-6-2-1-5-17(20)7-8-21(27)24-22-18-9-12-25(13-10-18)19(22)14-16-4-3-11-23-15-16/h1-8,11,15,18-19,22,26H,9-10,12-14H2,(H,24,27). The van der Waals surface area contributed by atoms with Crippen LogP contribution in [-0.2, 0) is 11.2 Å². The van der Waals surface area contributed by atoms with Crippen LogP contribution >= 0.6 is 0 Å². The van der Waals surface area contributed by atoms with Crippen LogP contribution in [0, 0.1) is 5.92 Å². The molecule has 0 radical (unpaired) electrons. The zero-order valence-corrected chi connectivity index (χ0v) is 15.3. The molecule has 5 rings (SSSR count). The van der Waals surface area contributed by atoms with Crippen molar-refractivity contribution in [3.63, 3.8) is 0 Å². The highest BCUT2D eigenvalue weighted by atomic mass is 16.3. The van der Waals surface area contributed by atoms with Crippen molar-refractivity contribution in [3.8, 4) is 5.75 Å². The lowest BCUT2D eigenvalue weighted by Gasteiger charge is -2.51. The predicted octanol–water partition coefficient (Wildman–Crippen LogP) is 2.62. The van der Waals surface area contributed by atoms with Crippen LogP contribution in [0.5, 0.6) is 5.75 Å². The van der Waals surface area contributed by atoms with E-state index in [4.69, 9.17) is 0 Å². The minimum Gasteiger partial charge on any atom is -0.507 e. The van der Waals surface area contributed by atoms with Crippen LogP contribution in [-0.4, -0.2) is 46.1 Å². The highest BCUT2D eigenvalue weighted by Crippen LogP contribution is 2.34. The lowest BCUT2D eigenvalue weighted by Crippen LogP contribution is -2.64. The van der Waals surface area contributed by atoms with E-state index in [9.17, 15) is 9.90 Å². The molecule has 2 aromatic rings. The van der Waals surface area contributed by atoms with E-state index in [-0.39, 0.29) is 17.7 Å². The van der Waals surface area contributed by atoms with E-state index in [1.807, 2.05) is 18.3 Å². The lowest BCUT2D eigenvalue weighted by molar-refractivity contribution is -0.119. The molecular formula is C22H25N3O2. The second kappa shape index (κ2) is 7.92. The molecule has 2 atom stereocenters. The summed E-state index contributed by atoms with van der Waals surface area (Å²) in [6, 6.07) is 11.5. The first-order valence-corrected chi connectivity index (χ1v) is 9.60. The van der Waals surface area contributed by atoms with Gasteiger partial charge >= 0.3 is 0 Å². The van der Waals surface area contributed by atoms with E-state index in [0.717, 1.165) is 32.4 Å². The minimum absolute atomic E-state index is 0.104. The Balaban J connectivity index is 1.46. The fourth-order valence-corrected chi connectivity index (χ4v) is 4.39. The Hall–Kier alpha value is -2.66. The van der Waals surface area contributed by atoms with Crippen molar-refractivity contribution in [1.29, 1.82) is 0 Å². The van der Waals surface area contributed by atoms with Gasteiger partial charge in [-0.25, -0.2) is 0 Å². The van der Waals surface area contributed by atoms with Crippen molar-refractivity contribution in [2.45, 2.75) is 31.3 Å². The average molecular weight is 363 g/mol. The van der Waals surface area contributed by atoms with Crippen LogP contribution in [0.3, 0.4) is 0 Å². The van der Waals surface area contributed by atoms with Gasteiger partial charge in [0.05, 0.1) is 0 Å². The first kappa shape index (κ1) is 17.7. The number of phenols is 1. The Bertz CT molecular complexity index is 813. The van der Waals surface area contributed by atoms with Crippen molar-refractivity contribution in [1.82, 2.24) is 15.2 Å². The predicted molar refractivity (Wildman–Crippen MR) is 105 cm³/mol. The maximum absolute atomic E-state index is 12.6. The molecule has 2 N–H and O–H groups in total. The SMILES string of the molecule is O=C(C=Cc1ccccc1O)NC1C2CCN(CC2)C1Cc1cccnc1. The molecule has 2 unspecified atom stereocenters. The second-order valence-electron chi connectivity index (χ2n) is 7.43. The van der Waals surface area contributed by atoms with Crippen LogP contribution in [0.15, 0.2) is 54.9 Å². The van der Waals surface area contributed by atoms with E-state index in [2.05, 4.69) is 21.3 Å². The van der Waals surface area contributed by atoms with Gasteiger partial charge in [-0.15, -0.1) is 0 Å². The molecule has 0 spiro atoms. The van der Waals surface area contributed by atoms with Crippen LogP contribution in [0.25, 0.3) is 6.08 Å². The van der Waals surface area contributed by atoms with Gasteiger partial charge in [0.2, 0.25) is 5.91 Å². The van der Waals surface area contributed by atoms with Crippen LogP contribution in [0.1, 0.15) is 24.0 Å². The number of aromatic nitrogens is 1. The Morgan fingerprint density at radius 2 is 2.04 bits per heavy atom. The highest BCUT2D eigenvalue weighted by molar-refractivity contribution is 5.92. The molecule has 2 bridgehead atoms. The molecule has 1 amide bonds. The number of aromatic hydroxyl groups is 1. The number of fused-ring (bicyclic) bond motifs is 3. The largest absolute Gasteiger partial charge is 0.507 e. The number of nitrogens with one attached hydrogen (secondary N) is 1. The number of benzene rings is 1. The summed E-state index contributed by atoms with van der Waals surface area (Å²) in [6.45, 7) is 2.21. The molecule has 1 aromatic carbocycles. The minimum atomic E-state index is -0.104. The van der Waals surface area contributed by atoms with Gasteiger partial charge in [0.15, 0.2) is 0 Å². The third kappa shape index (κ3) is 4.03. The number of hydrogen-bond acceptors (Lipinski definition) is 4. The topological polar surface area (TPSA) is 65.5 Å². The number of pyridine rings is 1. The van der Waals surface area contributed by atoms with Crippen molar-refractivity contribution >= 4 is 12.0 Å². The molecule has 140 valence electrons. The molecule has 3 aliphatic rings. The first-order chi connectivity index (χ1) is 13.2. The molecule has 0 saturated carbocycles. The number of phenolic OH excluding ortho intramolecular Hbond substituents is 1. The first-order valence-electron chi connectivity index (χ1n) is 9.60. The summed E-state index contributed by atoms with van der Waals surface area (Å²) in [5.74, 6) is 0.603. The number of amides is 1. The summed E-state index contributed by atoms with van der Waals surface area (Å²) < 4.78 is 0. The highest BCUT2D eigenvalue weighted by Gasteiger charge is 2.42. The van der Waals surface area contributed by atoms with Gasteiger partial charge in [-0.3, -0.25) is 14.7 Å². The Morgan fingerprint density at radius 1 is 1.22 bits per heavy atom. The van der Waals surface area contributed by atoms with Gasteiger partial charge in [0.25, 0.3) is 0 Å². The van der Waals surface area contributed by atoms with E-state index < -0.39 is 0 Å². The molecule has 3 saturated heterocycles. The molecule has 3 fully saturated rings. The average Bonchev–Trinajstić information content (AvgIpc) is 2.71. The summed E-state index contributed by atoms with van der Waals surface area (Å²) >= 11 is 0. The number of rotatable bonds is 5. The van der Waals surface area contributed by atoms with Crippen LogP contribution in [0.2, 0.25) is 0 Å². The zero-order valence-electron chi connectivity index (χ0n) is 15.3. The molecule has 3 aliphatic heterocycles. The molecule has 4 heterocycles. The van der Waals surface area contributed by atoms with Gasteiger partial charge in [-0.1, -0.05) is 24.3 Å².